The summed E-state index contributed by atoms with van der Waals surface area (Å²) >= 11 is 0. The van der Waals surface area contributed by atoms with Gasteiger partial charge in [0.25, 0.3) is 5.69 Å². The van der Waals surface area contributed by atoms with E-state index < -0.39 is 94.4 Å². The number of carbonyl (C=O) groups excluding carboxylic acids is 1. The van der Waals surface area contributed by atoms with Crippen LogP contribution in [0.5, 0.6) is 5.75 Å². The van der Waals surface area contributed by atoms with E-state index in [1.807, 2.05) is 0 Å². The minimum Gasteiger partial charge on any atom is -0.427 e. The van der Waals surface area contributed by atoms with Crippen LogP contribution in [0.2, 0.25) is 0 Å². The summed E-state index contributed by atoms with van der Waals surface area (Å²) in [6.45, 7) is -2.31. The lowest BCUT2D eigenvalue weighted by Gasteiger charge is -2.41. The number of nitro groups is 2. The number of halogens is 9. The molecule has 2 rings (SSSR count). The number of hydrogen-bond donors (Lipinski definition) is 0. The predicted octanol–water partition coefficient (Wildman–Crippen LogP) is 5.54. The van der Waals surface area contributed by atoms with Crippen LogP contribution < -0.4 is 4.74 Å². The highest BCUT2D eigenvalue weighted by Gasteiger charge is 2.74. The first kappa shape index (κ1) is 26.9. The van der Waals surface area contributed by atoms with Gasteiger partial charge >= 0.3 is 36.0 Å². The molecule has 1 aromatic rings. The van der Waals surface area contributed by atoms with E-state index in [1.54, 1.807) is 0 Å². The molecule has 0 radical (unpaired) electrons. The van der Waals surface area contributed by atoms with Crippen molar-refractivity contribution in [2.45, 2.75) is 49.1 Å². The van der Waals surface area contributed by atoms with Crippen molar-refractivity contribution in [2.75, 3.05) is 6.61 Å². The first-order valence-electron chi connectivity index (χ1n) is 8.80. The normalized spacial score (nSPS) is 21.7. The van der Waals surface area contributed by atoms with Crippen molar-refractivity contribution >= 4 is 17.5 Å². The van der Waals surface area contributed by atoms with Gasteiger partial charge in [0.05, 0.1) is 9.85 Å². The maximum Gasteiger partial charge on any atom is 0.514 e. The smallest absolute Gasteiger partial charge is 0.427 e. The monoisotopic (exact) mass is 514 g/mol. The van der Waals surface area contributed by atoms with Crippen LogP contribution in [0.3, 0.4) is 0 Å². The predicted molar refractivity (Wildman–Crippen MR) is 89.2 cm³/mol. The van der Waals surface area contributed by atoms with Gasteiger partial charge in [-0.3, -0.25) is 20.2 Å². The van der Waals surface area contributed by atoms with E-state index in [-0.39, 0.29) is 12.1 Å². The minimum absolute atomic E-state index is 0.100. The summed E-state index contributed by atoms with van der Waals surface area (Å²) in [4.78, 5) is 30.9. The van der Waals surface area contributed by atoms with E-state index >= 15 is 4.39 Å². The second-order valence-electron chi connectivity index (χ2n) is 6.96. The summed E-state index contributed by atoms with van der Waals surface area (Å²) in [6.07, 6.45) is -10.8. The van der Waals surface area contributed by atoms with Crippen molar-refractivity contribution < 1.29 is 63.6 Å². The molecule has 1 aromatic carbocycles. The first-order valence-corrected chi connectivity index (χ1v) is 8.80. The molecule has 0 aromatic heterocycles. The number of hydrogen-bond acceptors (Lipinski definition) is 7. The number of benzene rings is 1. The molecule has 0 spiro atoms. The zero-order chi connectivity index (χ0) is 26.3. The number of nitro benzene ring substituents is 2. The number of rotatable bonds is 7. The largest absolute Gasteiger partial charge is 0.514 e. The highest BCUT2D eigenvalue weighted by atomic mass is 19.3. The van der Waals surface area contributed by atoms with E-state index in [4.69, 9.17) is 0 Å². The van der Waals surface area contributed by atoms with Crippen LogP contribution in [-0.4, -0.2) is 46.8 Å². The Morgan fingerprint density at radius 1 is 1.06 bits per heavy atom. The summed E-state index contributed by atoms with van der Waals surface area (Å²) in [5.41, 5.74) is -10.7. The van der Waals surface area contributed by atoms with Gasteiger partial charge in [-0.05, 0) is 18.9 Å². The zero-order valence-electron chi connectivity index (χ0n) is 16.2. The number of ether oxygens (including phenoxy) is 2. The molecule has 9 nitrogen and oxygen atoms in total. The van der Waals surface area contributed by atoms with Crippen molar-refractivity contribution in [1.29, 1.82) is 0 Å². The average molecular weight is 514 g/mol. The maximum atomic E-state index is 15.5. The van der Waals surface area contributed by atoms with Gasteiger partial charge < -0.3 is 9.47 Å². The number of nitrogens with zero attached hydrogens (tertiary/aromatic N) is 2. The van der Waals surface area contributed by atoms with Crippen LogP contribution in [-0.2, 0) is 10.4 Å². The summed E-state index contributed by atoms with van der Waals surface area (Å²) in [6, 6.07) is 0.275. The highest BCUT2D eigenvalue weighted by molar-refractivity contribution is 5.71. The zero-order valence-corrected chi connectivity index (χ0v) is 16.2. The van der Waals surface area contributed by atoms with E-state index in [1.165, 1.54) is 0 Å². The van der Waals surface area contributed by atoms with Gasteiger partial charge in [-0.15, -0.1) is 0 Å². The van der Waals surface area contributed by atoms with Gasteiger partial charge in [0, 0.05) is 12.5 Å². The van der Waals surface area contributed by atoms with Gasteiger partial charge in [-0.1, -0.05) is 0 Å². The number of carbonyl (C=O) groups is 1. The Hall–Kier alpha value is -3.34. The van der Waals surface area contributed by atoms with Crippen molar-refractivity contribution in [3.63, 3.8) is 0 Å². The Bertz CT molecular complexity index is 1010. The van der Waals surface area contributed by atoms with Crippen LogP contribution in [0.25, 0.3) is 0 Å². The Morgan fingerprint density at radius 2 is 1.65 bits per heavy atom. The van der Waals surface area contributed by atoms with Crippen molar-refractivity contribution in [1.82, 2.24) is 0 Å². The minimum atomic E-state index is -5.72. The molecule has 18 heteroatoms. The molecular formula is C16H11F9N2O7. The molecule has 0 aliphatic heterocycles. The van der Waals surface area contributed by atoms with Gasteiger partial charge in [0.15, 0.2) is 12.2 Å². The summed E-state index contributed by atoms with van der Waals surface area (Å²) in [5, 5.41) is 22.8. The van der Waals surface area contributed by atoms with Gasteiger partial charge in [0.1, 0.15) is 0 Å². The van der Waals surface area contributed by atoms with Gasteiger partial charge in [0.2, 0.25) is 11.4 Å². The molecule has 0 N–H and O–H groups in total. The van der Waals surface area contributed by atoms with Gasteiger partial charge in [-0.25, -0.2) is 18.0 Å². The molecule has 0 amide bonds. The molecule has 1 unspecified atom stereocenters. The van der Waals surface area contributed by atoms with E-state index in [2.05, 4.69) is 9.47 Å². The second kappa shape index (κ2) is 8.79. The van der Waals surface area contributed by atoms with Crippen molar-refractivity contribution in [3.8, 4) is 5.75 Å². The fraction of sp³-hybridized carbons (Fsp3) is 0.562. The lowest BCUT2D eigenvalue weighted by Crippen LogP contribution is -2.57. The van der Waals surface area contributed by atoms with Crippen LogP contribution in [0, 0.1) is 20.2 Å². The topological polar surface area (TPSA) is 122 Å². The molecule has 190 valence electrons. The first-order chi connectivity index (χ1) is 15.4. The third kappa shape index (κ3) is 4.52. The quantitative estimate of drug-likeness (QED) is 0.154. The molecule has 34 heavy (non-hydrogen) atoms. The molecule has 1 atom stereocenters. The third-order valence-electron chi connectivity index (χ3n) is 4.76. The molecule has 1 aliphatic rings. The fourth-order valence-electron chi connectivity index (χ4n) is 3.15. The van der Waals surface area contributed by atoms with Crippen molar-refractivity contribution in [2.24, 2.45) is 0 Å². The molecule has 1 fully saturated rings. The van der Waals surface area contributed by atoms with Crippen LogP contribution in [0.4, 0.5) is 55.7 Å². The molecule has 0 saturated heterocycles. The van der Waals surface area contributed by atoms with Crippen molar-refractivity contribution in [3.05, 3.63) is 37.9 Å². The molecule has 1 saturated carbocycles. The Labute approximate surface area is 181 Å². The standard InChI is InChI=1S/C16H11F9N2O7/c17-11(18)14(20,21)6-33-12(28)34-8-3-2-7(26(29)30)9(10(8)27(31)32)13(19)4-1-5-15(22,23)16(13,24)25/h2-3,11H,1,4-6H2. The van der Waals surface area contributed by atoms with Crippen LogP contribution in [0.1, 0.15) is 24.8 Å². The van der Waals surface area contributed by atoms with E-state index in [9.17, 15) is 60.1 Å². The Balaban J connectivity index is 2.64. The fourth-order valence-corrected chi connectivity index (χ4v) is 3.15. The summed E-state index contributed by atoms with van der Waals surface area (Å²) in [7, 11) is 0. The SMILES string of the molecule is O=C(OCC(F)(F)C(F)F)Oc1ccc([N+](=O)[O-])c(C2(F)CCCC(F)(F)C2(F)F)c1[N+](=O)[O-]. The van der Waals surface area contributed by atoms with E-state index in [0.717, 1.165) is 0 Å². The molecular weight excluding hydrogens is 503 g/mol. The lowest BCUT2D eigenvalue weighted by molar-refractivity contribution is -0.401. The highest BCUT2D eigenvalue weighted by Crippen LogP contribution is 2.61. The molecule has 0 bridgehead atoms. The van der Waals surface area contributed by atoms with E-state index in [0.29, 0.717) is 0 Å². The Kier molecular flexibility index (Phi) is 6.95. The Morgan fingerprint density at radius 3 is 2.15 bits per heavy atom. The second-order valence-corrected chi connectivity index (χ2v) is 6.96. The summed E-state index contributed by atoms with van der Waals surface area (Å²) in [5.74, 6) is -17.3. The lowest BCUT2D eigenvalue weighted by atomic mass is 9.74. The maximum absolute atomic E-state index is 15.5. The molecule has 1 aliphatic carbocycles. The van der Waals surface area contributed by atoms with Crippen LogP contribution in [0.15, 0.2) is 12.1 Å². The van der Waals surface area contributed by atoms with Gasteiger partial charge in [-0.2, -0.15) is 26.3 Å². The average Bonchev–Trinajstić information content (AvgIpc) is 2.70. The van der Waals surface area contributed by atoms with Crippen LogP contribution >= 0.6 is 0 Å². The molecule has 0 heterocycles. The number of alkyl halides is 9. The summed E-state index contributed by atoms with van der Waals surface area (Å²) < 4.78 is 130. The third-order valence-corrected chi connectivity index (χ3v) is 4.76.